The molecule has 0 aliphatic carbocycles. The average Bonchev–Trinajstić information content (AvgIpc) is 2.55. The Morgan fingerprint density at radius 3 is 2.62 bits per heavy atom. The molecule has 2 rings (SSSR count). The van der Waals surface area contributed by atoms with Crippen LogP contribution < -0.4 is 0 Å². The van der Waals surface area contributed by atoms with Crippen LogP contribution >= 0.6 is 0 Å². The number of aliphatic hydroxyl groups is 1. The predicted molar refractivity (Wildman–Crippen MR) is 92.6 cm³/mol. The Labute approximate surface area is 143 Å². The number of aliphatic hydroxyl groups excluding tert-OH is 1. The van der Waals surface area contributed by atoms with Gasteiger partial charge in [-0.1, -0.05) is 42.5 Å². The SMILES string of the molecule is CC(C)(C)OC(=O)N1CC=CC[C@@H]1[C@H](CO)OCc1ccccc1. The quantitative estimate of drug-likeness (QED) is 0.841. The molecule has 132 valence electrons. The molecule has 0 unspecified atom stereocenters. The second-order valence-corrected chi connectivity index (χ2v) is 6.92. The number of rotatable bonds is 5. The zero-order valence-corrected chi connectivity index (χ0v) is 14.6. The molecule has 0 radical (unpaired) electrons. The third kappa shape index (κ3) is 5.35. The van der Waals surface area contributed by atoms with Crippen LogP contribution in [0.5, 0.6) is 0 Å². The summed E-state index contributed by atoms with van der Waals surface area (Å²) in [6, 6.07) is 9.55. The van der Waals surface area contributed by atoms with Gasteiger partial charge in [0.15, 0.2) is 0 Å². The number of hydrogen-bond donors (Lipinski definition) is 1. The molecule has 0 saturated heterocycles. The van der Waals surface area contributed by atoms with Crippen molar-refractivity contribution in [1.82, 2.24) is 4.90 Å². The van der Waals surface area contributed by atoms with E-state index in [0.29, 0.717) is 19.6 Å². The highest BCUT2D eigenvalue weighted by molar-refractivity contribution is 5.69. The van der Waals surface area contributed by atoms with Gasteiger partial charge in [0.25, 0.3) is 0 Å². The minimum absolute atomic E-state index is 0.148. The molecule has 5 nitrogen and oxygen atoms in total. The van der Waals surface area contributed by atoms with Gasteiger partial charge in [0.2, 0.25) is 0 Å². The Bertz CT molecular complexity index is 550. The number of carbonyl (C=O) groups is 1. The summed E-state index contributed by atoms with van der Waals surface area (Å²) in [5.74, 6) is 0. The van der Waals surface area contributed by atoms with Gasteiger partial charge in [-0.15, -0.1) is 0 Å². The Morgan fingerprint density at radius 2 is 2.00 bits per heavy atom. The molecule has 5 heteroatoms. The lowest BCUT2D eigenvalue weighted by Gasteiger charge is -2.38. The third-order valence-corrected chi connectivity index (χ3v) is 3.79. The van der Waals surface area contributed by atoms with E-state index < -0.39 is 11.7 Å². The lowest BCUT2D eigenvalue weighted by atomic mass is 10.0. The summed E-state index contributed by atoms with van der Waals surface area (Å²) in [6.45, 7) is 6.24. The Hall–Kier alpha value is -1.85. The molecule has 1 aromatic carbocycles. The lowest BCUT2D eigenvalue weighted by Crippen LogP contribution is -2.51. The van der Waals surface area contributed by atoms with Crippen molar-refractivity contribution in [3.05, 3.63) is 48.0 Å². The zero-order chi connectivity index (χ0) is 17.6. The summed E-state index contributed by atoms with van der Waals surface area (Å²) in [7, 11) is 0. The van der Waals surface area contributed by atoms with Crippen LogP contribution in [-0.4, -0.2) is 47.0 Å². The first-order valence-corrected chi connectivity index (χ1v) is 8.31. The van der Waals surface area contributed by atoms with Crippen molar-refractivity contribution in [2.75, 3.05) is 13.2 Å². The highest BCUT2D eigenvalue weighted by Crippen LogP contribution is 2.21. The van der Waals surface area contributed by atoms with Gasteiger partial charge in [-0.05, 0) is 32.8 Å². The molecule has 1 aliphatic heterocycles. The van der Waals surface area contributed by atoms with E-state index in [4.69, 9.17) is 9.47 Å². The monoisotopic (exact) mass is 333 g/mol. The second-order valence-electron chi connectivity index (χ2n) is 6.92. The molecule has 1 N–H and O–H groups in total. The summed E-state index contributed by atoms with van der Waals surface area (Å²) >= 11 is 0. The largest absolute Gasteiger partial charge is 0.444 e. The number of hydrogen-bond acceptors (Lipinski definition) is 4. The molecule has 1 amide bonds. The molecule has 1 aromatic rings. The first-order valence-electron chi connectivity index (χ1n) is 8.31. The smallest absolute Gasteiger partial charge is 0.410 e. The molecule has 0 aromatic heterocycles. The maximum Gasteiger partial charge on any atom is 0.410 e. The number of benzene rings is 1. The zero-order valence-electron chi connectivity index (χ0n) is 14.6. The van der Waals surface area contributed by atoms with Gasteiger partial charge in [-0.25, -0.2) is 4.79 Å². The van der Waals surface area contributed by atoms with E-state index in [1.165, 1.54) is 0 Å². The summed E-state index contributed by atoms with van der Waals surface area (Å²) in [5, 5.41) is 9.76. The topological polar surface area (TPSA) is 59.0 Å². The fourth-order valence-electron chi connectivity index (χ4n) is 2.63. The van der Waals surface area contributed by atoms with Crippen LogP contribution in [0.2, 0.25) is 0 Å². The Balaban J connectivity index is 2.03. The standard InChI is InChI=1S/C19H27NO4/c1-19(2,3)24-18(22)20-12-8-7-11-16(20)17(13-21)23-14-15-9-5-4-6-10-15/h4-10,16-17,21H,11-14H2,1-3H3/t16-,17+/m1/s1. The van der Waals surface area contributed by atoms with E-state index >= 15 is 0 Å². The van der Waals surface area contributed by atoms with E-state index in [0.717, 1.165) is 5.56 Å². The Morgan fingerprint density at radius 1 is 1.29 bits per heavy atom. The van der Waals surface area contributed by atoms with Gasteiger partial charge in [-0.2, -0.15) is 0 Å². The van der Waals surface area contributed by atoms with Crippen LogP contribution in [0.25, 0.3) is 0 Å². The van der Waals surface area contributed by atoms with Gasteiger partial charge < -0.3 is 14.6 Å². The van der Waals surface area contributed by atoms with Crippen molar-refractivity contribution in [2.45, 2.75) is 51.5 Å². The van der Waals surface area contributed by atoms with Crippen LogP contribution in [0.3, 0.4) is 0 Å². The highest BCUT2D eigenvalue weighted by atomic mass is 16.6. The second kappa shape index (κ2) is 8.31. The fourth-order valence-corrected chi connectivity index (χ4v) is 2.63. The number of carbonyl (C=O) groups excluding carboxylic acids is 1. The maximum absolute atomic E-state index is 12.5. The van der Waals surface area contributed by atoms with E-state index in [-0.39, 0.29) is 18.7 Å². The van der Waals surface area contributed by atoms with Crippen molar-refractivity contribution >= 4 is 6.09 Å². The molecule has 24 heavy (non-hydrogen) atoms. The van der Waals surface area contributed by atoms with Crippen LogP contribution in [-0.2, 0) is 16.1 Å². The summed E-state index contributed by atoms with van der Waals surface area (Å²) in [4.78, 5) is 14.1. The van der Waals surface area contributed by atoms with Crippen molar-refractivity contribution in [3.63, 3.8) is 0 Å². The molecule has 0 bridgehead atoms. The minimum Gasteiger partial charge on any atom is -0.444 e. The lowest BCUT2D eigenvalue weighted by molar-refractivity contribution is -0.0562. The van der Waals surface area contributed by atoms with Gasteiger partial charge in [0, 0.05) is 6.54 Å². The summed E-state index contributed by atoms with van der Waals surface area (Å²) in [5.41, 5.74) is 0.480. The third-order valence-electron chi connectivity index (χ3n) is 3.79. The molecular formula is C19H27NO4. The van der Waals surface area contributed by atoms with E-state index in [1.807, 2.05) is 63.3 Å². The Kier molecular flexibility index (Phi) is 6.40. The molecule has 0 spiro atoms. The predicted octanol–water partition coefficient (Wildman–Crippen LogP) is 3.13. The van der Waals surface area contributed by atoms with Crippen LogP contribution in [0, 0.1) is 0 Å². The highest BCUT2D eigenvalue weighted by Gasteiger charge is 2.34. The van der Waals surface area contributed by atoms with E-state index in [2.05, 4.69) is 0 Å². The van der Waals surface area contributed by atoms with E-state index in [9.17, 15) is 9.90 Å². The number of nitrogens with zero attached hydrogens (tertiary/aromatic N) is 1. The maximum atomic E-state index is 12.5. The van der Waals surface area contributed by atoms with Crippen molar-refractivity contribution in [1.29, 1.82) is 0 Å². The van der Waals surface area contributed by atoms with Crippen molar-refractivity contribution in [2.24, 2.45) is 0 Å². The fraction of sp³-hybridized carbons (Fsp3) is 0.526. The number of ether oxygens (including phenoxy) is 2. The van der Waals surface area contributed by atoms with Crippen molar-refractivity contribution < 1.29 is 19.4 Å². The molecule has 0 saturated carbocycles. The molecule has 1 aliphatic rings. The van der Waals surface area contributed by atoms with Crippen molar-refractivity contribution in [3.8, 4) is 0 Å². The minimum atomic E-state index is -0.553. The van der Waals surface area contributed by atoms with Crippen LogP contribution in [0.4, 0.5) is 4.79 Å². The molecule has 1 heterocycles. The summed E-state index contributed by atoms with van der Waals surface area (Å²) in [6.07, 6.45) is 3.76. The molecule has 0 fully saturated rings. The van der Waals surface area contributed by atoms with Crippen LogP contribution in [0.1, 0.15) is 32.8 Å². The van der Waals surface area contributed by atoms with E-state index in [1.54, 1.807) is 4.90 Å². The number of amides is 1. The van der Waals surface area contributed by atoms with Crippen LogP contribution in [0.15, 0.2) is 42.5 Å². The summed E-state index contributed by atoms with van der Waals surface area (Å²) < 4.78 is 11.4. The van der Waals surface area contributed by atoms with Gasteiger partial charge in [0.1, 0.15) is 11.7 Å². The first kappa shape index (κ1) is 18.5. The normalized spacial score (nSPS) is 19.2. The molecular weight excluding hydrogens is 306 g/mol. The van der Waals surface area contributed by atoms with Gasteiger partial charge >= 0.3 is 6.09 Å². The molecule has 2 atom stereocenters. The van der Waals surface area contributed by atoms with Gasteiger partial charge in [0.05, 0.1) is 19.3 Å². The average molecular weight is 333 g/mol. The first-order chi connectivity index (χ1) is 11.4. The van der Waals surface area contributed by atoms with Gasteiger partial charge in [-0.3, -0.25) is 4.90 Å².